The molecule has 0 heterocycles. The molecule has 2 N–H and O–H groups in total. The zero-order chi connectivity index (χ0) is 6.43. The van der Waals surface area contributed by atoms with E-state index in [1.54, 1.807) is 0 Å². The zero-order valence-corrected chi connectivity index (χ0v) is 6.01. The number of hydrogen-bond acceptors (Lipinski definition) is 1. The van der Waals surface area contributed by atoms with Gasteiger partial charge in [-0.3, -0.25) is 0 Å². The van der Waals surface area contributed by atoms with E-state index in [2.05, 4.69) is 6.92 Å². The van der Waals surface area contributed by atoms with E-state index in [0.717, 1.165) is 17.8 Å². The topological polar surface area (TPSA) is 26.0 Å². The SMILES string of the molecule is C[C@H]1[C@H]2CC[C@@H](C2)[C@@H]1N. The molecule has 1 heteroatoms. The van der Waals surface area contributed by atoms with Crippen molar-refractivity contribution in [2.75, 3.05) is 0 Å². The highest BCUT2D eigenvalue weighted by molar-refractivity contribution is 4.96. The molecule has 0 aromatic carbocycles. The molecule has 0 aliphatic heterocycles. The van der Waals surface area contributed by atoms with E-state index < -0.39 is 0 Å². The van der Waals surface area contributed by atoms with Crippen molar-refractivity contribution in [3.05, 3.63) is 0 Å². The minimum absolute atomic E-state index is 0.545. The highest BCUT2D eigenvalue weighted by Crippen LogP contribution is 2.47. The van der Waals surface area contributed by atoms with Crippen molar-refractivity contribution in [3.63, 3.8) is 0 Å². The molecular weight excluding hydrogens is 110 g/mol. The molecule has 9 heavy (non-hydrogen) atoms. The first-order valence-corrected chi connectivity index (χ1v) is 4.04. The van der Waals surface area contributed by atoms with Crippen LogP contribution in [0.3, 0.4) is 0 Å². The fraction of sp³-hybridized carbons (Fsp3) is 1.00. The van der Waals surface area contributed by atoms with Crippen LogP contribution in [0.1, 0.15) is 26.2 Å². The van der Waals surface area contributed by atoms with Gasteiger partial charge in [-0.25, -0.2) is 0 Å². The summed E-state index contributed by atoms with van der Waals surface area (Å²) in [5, 5.41) is 0. The fourth-order valence-corrected chi connectivity index (χ4v) is 2.62. The molecule has 0 aromatic rings. The van der Waals surface area contributed by atoms with E-state index in [4.69, 9.17) is 5.73 Å². The Kier molecular flexibility index (Phi) is 1.10. The van der Waals surface area contributed by atoms with Gasteiger partial charge in [0.15, 0.2) is 0 Å². The monoisotopic (exact) mass is 125 g/mol. The maximum absolute atomic E-state index is 5.96. The summed E-state index contributed by atoms with van der Waals surface area (Å²) in [5.41, 5.74) is 5.96. The Balaban J connectivity index is 2.15. The molecule has 0 radical (unpaired) electrons. The minimum Gasteiger partial charge on any atom is -0.327 e. The minimum atomic E-state index is 0.545. The van der Waals surface area contributed by atoms with E-state index in [1.165, 1.54) is 19.3 Å². The summed E-state index contributed by atoms with van der Waals surface area (Å²) < 4.78 is 0. The van der Waals surface area contributed by atoms with Crippen molar-refractivity contribution in [1.82, 2.24) is 0 Å². The molecule has 0 aromatic heterocycles. The van der Waals surface area contributed by atoms with Crippen molar-refractivity contribution in [3.8, 4) is 0 Å². The molecule has 0 saturated heterocycles. The van der Waals surface area contributed by atoms with Crippen LogP contribution in [0, 0.1) is 17.8 Å². The van der Waals surface area contributed by atoms with Crippen LogP contribution in [0.4, 0.5) is 0 Å². The summed E-state index contributed by atoms with van der Waals surface area (Å²) >= 11 is 0. The van der Waals surface area contributed by atoms with E-state index in [-0.39, 0.29) is 0 Å². The maximum atomic E-state index is 5.96. The summed E-state index contributed by atoms with van der Waals surface area (Å²) in [6.07, 6.45) is 4.30. The normalized spacial score (nSPS) is 56.7. The standard InChI is InChI=1S/C8H15N/c1-5-6-2-3-7(4-6)8(5)9/h5-8H,2-4,9H2,1H3/t5-,6-,7-,8+/m0/s1. The average molecular weight is 125 g/mol. The largest absolute Gasteiger partial charge is 0.327 e. The third-order valence-corrected chi connectivity index (χ3v) is 3.41. The Morgan fingerprint density at radius 3 is 2.22 bits per heavy atom. The van der Waals surface area contributed by atoms with Gasteiger partial charge < -0.3 is 5.73 Å². The first kappa shape index (κ1) is 5.72. The number of hydrogen-bond donors (Lipinski definition) is 1. The molecule has 4 atom stereocenters. The quantitative estimate of drug-likeness (QED) is 0.520. The van der Waals surface area contributed by atoms with Crippen LogP contribution >= 0.6 is 0 Å². The first-order valence-electron chi connectivity index (χ1n) is 4.04. The van der Waals surface area contributed by atoms with Crippen LogP contribution in [-0.4, -0.2) is 6.04 Å². The van der Waals surface area contributed by atoms with Gasteiger partial charge in [0.1, 0.15) is 0 Å². The number of fused-ring (bicyclic) bond motifs is 2. The maximum Gasteiger partial charge on any atom is 0.00957 e. The Hall–Kier alpha value is -0.0400. The van der Waals surface area contributed by atoms with Gasteiger partial charge in [0.2, 0.25) is 0 Å². The summed E-state index contributed by atoms with van der Waals surface area (Å²) in [5.74, 6) is 2.71. The van der Waals surface area contributed by atoms with Crippen LogP contribution in [0.15, 0.2) is 0 Å². The van der Waals surface area contributed by atoms with E-state index >= 15 is 0 Å². The Morgan fingerprint density at radius 1 is 1.22 bits per heavy atom. The second-order valence-corrected chi connectivity index (χ2v) is 3.77. The molecular formula is C8H15N. The van der Waals surface area contributed by atoms with Gasteiger partial charge in [-0.05, 0) is 37.0 Å². The second kappa shape index (κ2) is 1.72. The smallest absolute Gasteiger partial charge is 0.00957 e. The molecule has 2 fully saturated rings. The summed E-state index contributed by atoms with van der Waals surface area (Å²) in [4.78, 5) is 0. The fourth-order valence-electron chi connectivity index (χ4n) is 2.62. The highest BCUT2D eigenvalue weighted by atomic mass is 14.7. The molecule has 0 amide bonds. The van der Waals surface area contributed by atoms with Gasteiger partial charge >= 0.3 is 0 Å². The van der Waals surface area contributed by atoms with Gasteiger partial charge in [-0.1, -0.05) is 6.92 Å². The van der Waals surface area contributed by atoms with Gasteiger partial charge in [0, 0.05) is 6.04 Å². The van der Waals surface area contributed by atoms with E-state index in [9.17, 15) is 0 Å². The molecule has 2 saturated carbocycles. The lowest BCUT2D eigenvalue weighted by atomic mass is 9.87. The third kappa shape index (κ3) is 0.644. The summed E-state index contributed by atoms with van der Waals surface area (Å²) in [7, 11) is 0. The predicted molar refractivity (Wildman–Crippen MR) is 38.0 cm³/mol. The Bertz CT molecular complexity index is 104. The van der Waals surface area contributed by atoms with Crippen LogP contribution in [0.25, 0.3) is 0 Å². The molecule has 52 valence electrons. The van der Waals surface area contributed by atoms with Crippen molar-refractivity contribution in [2.45, 2.75) is 32.2 Å². The van der Waals surface area contributed by atoms with Crippen LogP contribution < -0.4 is 5.73 Å². The molecule has 1 nitrogen and oxygen atoms in total. The van der Waals surface area contributed by atoms with Crippen molar-refractivity contribution in [2.24, 2.45) is 23.5 Å². The van der Waals surface area contributed by atoms with E-state index in [1.807, 2.05) is 0 Å². The third-order valence-electron chi connectivity index (χ3n) is 3.41. The Morgan fingerprint density at radius 2 is 1.89 bits per heavy atom. The molecule has 2 bridgehead atoms. The van der Waals surface area contributed by atoms with Gasteiger partial charge in [0.05, 0.1) is 0 Å². The van der Waals surface area contributed by atoms with Crippen molar-refractivity contribution < 1.29 is 0 Å². The Labute approximate surface area is 56.6 Å². The highest BCUT2D eigenvalue weighted by Gasteiger charge is 2.42. The van der Waals surface area contributed by atoms with Crippen LogP contribution in [0.5, 0.6) is 0 Å². The predicted octanol–water partition coefficient (Wildman–Crippen LogP) is 1.38. The zero-order valence-electron chi connectivity index (χ0n) is 6.01. The van der Waals surface area contributed by atoms with Crippen LogP contribution in [0.2, 0.25) is 0 Å². The molecule has 2 aliphatic rings. The molecule has 0 spiro atoms. The molecule has 2 aliphatic carbocycles. The molecule has 0 unspecified atom stereocenters. The van der Waals surface area contributed by atoms with E-state index in [0.29, 0.717) is 6.04 Å². The number of nitrogens with two attached hydrogens (primary N) is 1. The van der Waals surface area contributed by atoms with Crippen LogP contribution in [-0.2, 0) is 0 Å². The second-order valence-electron chi connectivity index (χ2n) is 3.77. The van der Waals surface area contributed by atoms with Gasteiger partial charge in [0.25, 0.3) is 0 Å². The van der Waals surface area contributed by atoms with Gasteiger partial charge in [-0.15, -0.1) is 0 Å². The lowest BCUT2D eigenvalue weighted by Gasteiger charge is -2.23. The first-order chi connectivity index (χ1) is 4.29. The lowest BCUT2D eigenvalue weighted by Crippen LogP contribution is -2.33. The average Bonchev–Trinajstić information content (AvgIpc) is 2.37. The summed E-state index contributed by atoms with van der Waals surface area (Å²) in [6, 6.07) is 0.545. The van der Waals surface area contributed by atoms with Crippen molar-refractivity contribution >= 4 is 0 Å². The van der Waals surface area contributed by atoms with Crippen molar-refractivity contribution in [1.29, 1.82) is 0 Å². The van der Waals surface area contributed by atoms with Gasteiger partial charge in [-0.2, -0.15) is 0 Å². The lowest BCUT2D eigenvalue weighted by molar-refractivity contribution is 0.312. The summed E-state index contributed by atoms with van der Waals surface area (Å²) in [6.45, 7) is 2.31. The molecule has 2 rings (SSSR count). The number of rotatable bonds is 0.